The number of nitriles is 1. The van der Waals surface area contributed by atoms with Gasteiger partial charge in [-0.3, -0.25) is 16.0 Å². The molecule has 3 N–H and O–H groups in total. The van der Waals surface area contributed by atoms with E-state index in [1.54, 1.807) is 6.92 Å². The molecule has 6 nitrogen and oxygen atoms in total. The van der Waals surface area contributed by atoms with E-state index >= 15 is 0 Å². The summed E-state index contributed by atoms with van der Waals surface area (Å²) in [5, 5.41) is 19.2. The van der Waals surface area contributed by atoms with Gasteiger partial charge >= 0.3 is 0 Å². The summed E-state index contributed by atoms with van der Waals surface area (Å²) in [6.07, 6.45) is 0. The lowest BCUT2D eigenvalue weighted by molar-refractivity contribution is -0.385. The smallest absolute Gasteiger partial charge is 0.275 e. The standard InChI is InChI=1S/C8H8N4O2/c1-5-7(11-10)2-6(4-9)3-8(5)12(13)14/h2-3,11H,10H2,1H3. The maximum atomic E-state index is 10.6. The molecular weight excluding hydrogens is 184 g/mol. The van der Waals surface area contributed by atoms with Crippen LogP contribution in [0.25, 0.3) is 0 Å². The summed E-state index contributed by atoms with van der Waals surface area (Å²) in [6, 6.07) is 4.50. The number of nitro groups is 1. The molecule has 0 saturated heterocycles. The van der Waals surface area contributed by atoms with Crippen molar-refractivity contribution in [3.05, 3.63) is 33.4 Å². The average Bonchev–Trinajstić information content (AvgIpc) is 2.17. The molecule has 0 heterocycles. The summed E-state index contributed by atoms with van der Waals surface area (Å²) >= 11 is 0. The summed E-state index contributed by atoms with van der Waals surface area (Å²) in [6.45, 7) is 1.56. The lowest BCUT2D eigenvalue weighted by Crippen LogP contribution is -2.09. The highest BCUT2D eigenvalue weighted by Crippen LogP contribution is 2.26. The van der Waals surface area contributed by atoms with Gasteiger partial charge in [-0.25, -0.2) is 0 Å². The Labute approximate surface area is 80.1 Å². The van der Waals surface area contributed by atoms with Crippen molar-refractivity contribution in [3.8, 4) is 6.07 Å². The largest absolute Gasteiger partial charge is 0.324 e. The molecule has 0 aromatic heterocycles. The number of rotatable bonds is 2. The molecule has 0 atom stereocenters. The number of nitrogens with one attached hydrogen (secondary N) is 1. The van der Waals surface area contributed by atoms with Crippen LogP contribution in [0.5, 0.6) is 0 Å². The van der Waals surface area contributed by atoms with Gasteiger partial charge in [0, 0.05) is 6.07 Å². The normalized spacial score (nSPS) is 9.21. The third-order valence-corrected chi connectivity index (χ3v) is 1.86. The SMILES string of the molecule is Cc1c(NN)cc(C#N)cc1[N+](=O)[O-]. The molecule has 72 valence electrons. The van der Waals surface area contributed by atoms with Gasteiger partial charge in [0.2, 0.25) is 0 Å². The highest BCUT2D eigenvalue weighted by atomic mass is 16.6. The van der Waals surface area contributed by atoms with Crippen LogP contribution < -0.4 is 11.3 Å². The van der Waals surface area contributed by atoms with Gasteiger partial charge in [-0.05, 0) is 13.0 Å². The van der Waals surface area contributed by atoms with E-state index in [9.17, 15) is 10.1 Å². The number of benzene rings is 1. The zero-order valence-electron chi connectivity index (χ0n) is 7.44. The van der Waals surface area contributed by atoms with Crippen LogP contribution in [0.4, 0.5) is 11.4 Å². The van der Waals surface area contributed by atoms with Crippen molar-refractivity contribution in [2.75, 3.05) is 5.43 Å². The van der Waals surface area contributed by atoms with Gasteiger partial charge in [0.25, 0.3) is 5.69 Å². The summed E-state index contributed by atoms with van der Waals surface area (Å²) in [5.74, 6) is 5.16. The molecule has 0 radical (unpaired) electrons. The second-order valence-electron chi connectivity index (χ2n) is 2.68. The summed E-state index contributed by atoms with van der Waals surface area (Å²) in [7, 11) is 0. The van der Waals surface area contributed by atoms with E-state index in [1.807, 2.05) is 6.07 Å². The van der Waals surface area contributed by atoms with Gasteiger partial charge < -0.3 is 5.43 Å². The van der Waals surface area contributed by atoms with E-state index in [1.165, 1.54) is 12.1 Å². The number of hydrogen-bond acceptors (Lipinski definition) is 5. The van der Waals surface area contributed by atoms with Gasteiger partial charge in [-0.1, -0.05) is 0 Å². The van der Waals surface area contributed by atoms with Crippen LogP contribution in [0.2, 0.25) is 0 Å². The van der Waals surface area contributed by atoms with Crippen LogP contribution in [0, 0.1) is 28.4 Å². The van der Waals surface area contributed by atoms with Gasteiger partial charge in [-0.15, -0.1) is 0 Å². The maximum Gasteiger partial charge on any atom is 0.275 e. The van der Waals surface area contributed by atoms with Crippen LogP contribution in [-0.2, 0) is 0 Å². The first kappa shape index (κ1) is 9.95. The first-order valence-electron chi connectivity index (χ1n) is 3.76. The van der Waals surface area contributed by atoms with E-state index in [0.717, 1.165) is 0 Å². The van der Waals surface area contributed by atoms with Crippen molar-refractivity contribution < 1.29 is 4.92 Å². The minimum absolute atomic E-state index is 0.114. The quantitative estimate of drug-likeness (QED) is 0.414. The number of nitrogen functional groups attached to an aromatic ring is 1. The minimum Gasteiger partial charge on any atom is -0.324 e. The second kappa shape index (κ2) is 3.72. The molecule has 0 aliphatic heterocycles. The number of nitrogens with zero attached hydrogens (tertiary/aromatic N) is 2. The van der Waals surface area contributed by atoms with Gasteiger partial charge in [0.15, 0.2) is 0 Å². The minimum atomic E-state index is -0.545. The zero-order chi connectivity index (χ0) is 10.7. The highest BCUT2D eigenvalue weighted by Gasteiger charge is 2.15. The van der Waals surface area contributed by atoms with Crippen molar-refractivity contribution in [1.29, 1.82) is 5.26 Å². The molecule has 0 aliphatic rings. The van der Waals surface area contributed by atoms with Crippen molar-refractivity contribution in [1.82, 2.24) is 0 Å². The number of nitrogens with two attached hydrogens (primary N) is 1. The molecule has 1 aromatic rings. The predicted octanol–water partition coefficient (Wildman–Crippen LogP) is 1.06. The lowest BCUT2D eigenvalue weighted by Gasteiger charge is -2.05. The summed E-state index contributed by atoms with van der Waals surface area (Å²) in [4.78, 5) is 10.0. The fourth-order valence-electron chi connectivity index (χ4n) is 1.10. The molecule has 0 unspecified atom stereocenters. The fourth-order valence-corrected chi connectivity index (χ4v) is 1.10. The molecule has 14 heavy (non-hydrogen) atoms. The van der Waals surface area contributed by atoms with Crippen LogP contribution in [-0.4, -0.2) is 4.92 Å². The highest BCUT2D eigenvalue weighted by molar-refractivity contribution is 5.63. The summed E-state index contributed by atoms with van der Waals surface area (Å²) in [5.41, 5.74) is 3.20. The Morgan fingerprint density at radius 1 is 1.64 bits per heavy atom. The third kappa shape index (κ3) is 1.62. The van der Waals surface area contributed by atoms with E-state index in [-0.39, 0.29) is 11.3 Å². The van der Waals surface area contributed by atoms with E-state index in [4.69, 9.17) is 11.1 Å². The Bertz CT molecular complexity index is 422. The number of nitro benzene ring substituents is 1. The van der Waals surface area contributed by atoms with Crippen molar-refractivity contribution >= 4 is 11.4 Å². The van der Waals surface area contributed by atoms with Gasteiger partial charge in [0.05, 0.1) is 27.8 Å². The van der Waals surface area contributed by atoms with Crippen LogP contribution in [0.1, 0.15) is 11.1 Å². The van der Waals surface area contributed by atoms with E-state index < -0.39 is 4.92 Å². The molecule has 1 aromatic carbocycles. The fraction of sp³-hybridized carbons (Fsp3) is 0.125. The van der Waals surface area contributed by atoms with E-state index in [0.29, 0.717) is 11.3 Å². The Kier molecular flexibility index (Phi) is 2.65. The number of anilines is 1. The Balaban J connectivity index is 3.44. The Hall–Kier alpha value is -2.13. The summed E-state index contributed by atoms with van der Waals surface area (Å²) < 4.78 is 0. The van der Waals surface area contributed by atoms with Crippen LogP contribution in [0.15, 0.2) is 12.1 Å². The first-order valence-corrected chi connectivity index (χ1v) is 3.76. The molecule has 0 aliphatic carbocycles. The molecule has 0 amide bonds. The topological polar surface area (TPSA) is 105 Å². The van der Waals surface area contributed by atoms with E-state index in [2.05, 4.69) is 5.43 Å². The average molecular weight is 192 g/mol. The molecule has 0 bridgehead atoms. The monoisotopic (exact) mass is 192 g/mol. The maximum absolute atomic E-state index is 10.6. The third-order valence-electron chi connectivity index (χ3n) is 1.86. The molecule has 0 saturated carbocycles. The molecule has 1 rings (SSSR count). The van der Waals surface area contributed by atoms with Crippen LogP contribution >= 0.6 is 0 Å². The second-order valence-corrected chi connectivity index (χ2v) is 2.68. The Morgan fingerprint density at radius 3 is 2.71 bits per heavy atom. The zero-order valence-corrected chi connectivity index (χ0v) is 7.44. The van der Waals surface area contributed by atoms with Crippen molar-refractivity contribution in [2.45, 2.75) is 6.92 Å². The number of hydrogen-bond donors (Lipinski definition) is 2. The van der Waals surface area contributed by atoms with Gasteiger partial charge in [0.1, 0.15) is 0 Å². The first-order chi connectivity index (χ1) is 6.60. The number of hydrazine groups is 1. The molecular formula is C8H8N4O2. The Morgan fingerprint density at radius 2 is 2.29 bits per heavy atom. The van der Waals surface area contributed by atoms with Crippen molar-refractivity contribution in [3.63, 3.8) is 0 Å². The predicted molar refractivity (Wildman–Crippen MR) is 50.4 cm³/mol. The molecule has 6 heteroatoms. The lowest BCUT2D eigenvalue weighted by atomic mass is 10.1. The van der Waals surface area contributed by atoms with Crippen LogP contribution in [0.3, 0.4) is 0 Å². The van der Waals surface area contributed by atoms with Crippen molar-refractivity contribution in [2.24, 2.45) is 5.84 Å². The molecule has 0 fully saturated rings. The molecule has 0 spiro atoms. The van der Waals surface area contributed by atoms with Gasteiger partial charge in [-0.2, -0.15) is 5.26 Å².